The Balaban J connectivity index is 2.09. The first-order valence-corrected chi connectivity index (χ1v) is 9.64. The smallest absolute Gasteiger partial charge is 0.119 e. The van der Waals surface area contributed by atoms with Crippen LogP contribution in [-0.4, -0.2) is 13.2 Å². The molecule has 4 heteroatoms. The van der Waals surface area contributed by atoms with Crippen LogP contribution in [0.5, 0.6) is 0 Å². The van der Waals surface area contributed by atoms with E-state index in [2.05, 4.69) is 24.3 Å². The van der Waals surface area contributed by atoms with Crippen LogP contribution in [-0.2, 0) is 9.47 Å². The van der Waals surface area contributed by atoms with Crippen LogP contribution < -0.4 is 0 Å². The van der Waals surface area contributed by atoms with E-state index in [1.165, 1.54) is 0 Å². The van der Waals surface area contributed by atoms with Gasteiger partial charge in [-0.2, -0.15) is 0 Å². The van der Waals surface area contributed by atoms with Gasteiger partial charge in [-0.3, -0.25) is 0 Å². The van der Waals surface area contributed by atoms with E-state index >= 15 is 0 Å². The first kappa shape index (κ1) is 17.8. The van der Waals surface area contributed by atoms with Gasteiger partial charge in [0.25, 0.3) is 0 Å². The molecule has 0 bridgehead atoms. The summed E-state index contributed by atoms with van der Waals surface area (Å²) < 4.78 is 12.0. The number of halogens is 2. The van der Waals surface area contributed by atoms with E-state index in [4.69, 9.17) is 32.7 Å². The maximum atomic E-state index is 6.68. The summed E-state index contributed by atoms with van der Waals surface area (Å²) in [6.07, 6.45) is 3.44. The fourth-order valence-electron chi connectivity index (χ4n) is 3.85. The second kappa shape index (κ2) is 7.21. The molecule has 2 aromatic carbocycles. The van der Waals surface area contributed by atoms with Crippen LogP contribution in [0.25, 0.3) is 23.3 Å². The molecule has 0 unspecified atom stereocenters. The van der Waals surface area contributed by atoms with E-state index in [-0.39, 0.29) is 12.2 Å². The third-order valence-corrected chi connectivity index (χ3v) is 5.44. The van der Waals surface area contributed by atoms with Crippen molar-refractivity contribution >= 4 is 35.4 Å². The van der Waals surface area contributed by atoms with Gasteiger partial charge in [-0.15, -0.1) is 0 Å². The average Bonchev–Trinajstić information content (AvgIpc) is 2.83. The molecule has 0 saturated carbocycles. The normalized spacial score (nSPS) is 20.6. The molecule has 26 heavy (non-hydrogen) atoms. The predicted molar refractivity (Wildman–Crippen MR) is 108 cm³/mol. The van der Waals surface area contributed by atoms with E-state index < -0.39 is 0 Å². The Kier molecular flexibility index (Phi) is 4.94. The minimum absolute atomic E-state index is 0.285. The molecule has 0 radical (unpaired) electrons. The molecule has 0 N–H and O–H groups in total. The van der Waals surface area contributed by atoms with Gasteiger partial charge >= 0.3 is 0 Å². The number of benzene rings is 2. The number of rotatable bonds is 4. The van der Waals surface area contributed by atoms with Crippen molar-refractivity contribution in [1.82, 2.24) is 0 Å². The summed E-state index contributed by atoms with van der Waals surface area (Å²) in [6.45, 7) is 5.13. The van der Waals surface area contributed by atoms with Crippen LogP contribution >= 0.6 is 23.2 Å². The van der Waals surface area contributed by atoms with E-state index in [1.807, 2.05) is 38.1 Å². The lowest BCUT2D eigenvalue weighted by Crippen LogP contribution is -2.07. The third kappa shape index (κ3) is 2.82. The van der Waals surface area contributed by atoms with Crippen molar-refractivity contribution in [2.75, 3.05) is 13.2 Å². The molecule has 4 rings (SSSR count). The molecule has 0 spiro atoms. The van der Waals surface area contributed by atoms with E-state index in [9.17, 15) is 0 Å². The lowest BCUT2D eigenvalue weighted by molar-refractivity contribution is 0.0939. The Labute approximate surface area is 164 Å². The molecule has 0 amide bonds. The first-order valence-electron chi connectivity index (χ1n) is 8.89. The molecule has 0 aliphatic heterocycles. The van der Waals surface area contributed by atoms with E-state index in [0.29, 0.717) is 23.3 Å². The summed E-state index contributed by atoms with van der Waals surface area (Å²) in [6, 6.07) is 12.4. The van der Waals surface area contributed by atoms with E-state index in [1.54, 1.807) is 0 Å². The van der Waals surface area contributed by atoms with Crippen LogP contribution in [0.4, 0.5) is 0 Å². The highest BCUT2D eigenvalue weighted by molar-refractivity contribution is 6.33. The molecule has 2 atom stereocenters. The second-order valence-electron chi connectivity index (χ2n) is 6.35. The van der Waals surface area contributed by atoms with Gasteiger partial charge in [0.05, 0.1) is 10.1 Å². The first-order chi connectivity index (χ1) is 12.7. The molecular weight excluding hydrogens is 367 g/mol. The molecule has 2 aromatic rings. The highest BCUT2D eigenvalue weighted by Gasteiger charge is 2.32. The van der Waals surface area contributed by atoms with Gasteiger partial charge < -0.3 is 9.47 Å². The quantitative estimate of drug-likeness (QED) is 0.582. The van der Waals surface area contributed by atoms with Crippen LogP contribution in [0.3, 0.4) is 0 Å². The van der Waals surface area contributed by atoms with Crippen LogP contribution in [0.2, 0.25) is 0 Å². The van der Waals surface area contributed by atoms with Crippen LogP contribution in [0.1, 0.15) is 48.3 Å². The van der Waals surface area contributed by atoms with Crippen molar-refractivity contribution in [2.45, 2.75) is 26.1 Å². The largest absolute Gasteiger partial charge is 0.368 e. The Morgan fingerprint density at radius 3 is 1.54 bits per heavy atom. The summed E-state index contributed by atoms with van der Waals surface area (Å²) in [4.78, 5) is 0. The number of hydrogen-bond acceptors (Lipinski definition) is 2. The fourth-order valence-corrected chi connectivity index (χ4v) is 4.45. The summed E-state index contributed by atoms with van der Waals surface area (Å²) >= 11 is 13.4. The number of ether oxygens (including phenoxy) is 2. The topological polar surface area (TPSA) is 18.5 Å². The van der Waals surface area contributed by atoms with Gasteiger partial charge in [-0.25, -0.2) is 0 Å². The van der Waals surface area contributed by atoms with Gasteiger partial charge in [-0.05, 0) is 59.4 Å². The summed E-state index contributed by atoms with van der Waals surface area (Å²) in [5.41, 5.74) is 6.51. The lowest BCUT2D eigenvalue weighted by Gasteiger charge is -2.22. The molecule has 0 saturated heterocycles. The van der Waals surface area contributed by atoms with Crippen molar-refractivity contribution in [1.29, 1.82) is 0 Å². The maximum Gasteiger partial charge on any atom is 0.119 e. The van der Waals surface area contributed by atoms with Crippen molar-refractivity contribution in [3.05, 3.63) is 68.7 Å². The zero-order valence-corrected chi connectivity index (χ0v) is 16.3. The zero-order chi connectivity index (χ0) is 18.3. The molecule has 0 fully saturated rings. The van der Waals surface area contributed by atoms with Crippen LogP contribution in [0, 0.1) is 0 Å². The maximum absolute atomic E-state index is 6.68. The van der Waals surface area contributed by atoms with Crippen molar-refractivity contribution in [2.24, 2.45) is 0 Å². The van der Waals surface area contributed by atoms with Gasteiger partial charge in [0, 0.05) is 13.2 Å². The Morgan fingerprint density at radius 2 is 1.15 bits per heavy atom. The zero-order valence-electron chi connectivity index (χ0n) is 14.8. The minimum atomic E-state index is -0.285. The van der Waals surface area contributed by atoms with Gasteiger partial charge in [-0.1, -0.05) is 59.6 Å². The average molecular weight is 387 g/mol. The Hall–Kier alpha value is -1.58. The molecule has 2 aliphatic carbocycles. The highest BCUT2D eigenvalue weighted by atomic mass is 35.5. The monoisotopic (exact) mass is 386 g/mol. The van der Waals surface area contributed by atoms with Crippen molar-refractivity contribution < 1.29 is 9.47 Å². The predicted octanol–water partition coefficient (Wildman–Crippen LogP) is 6.70. The lowest BCUT2D eigenvalue weighted by atomic mass is 9.88. The van der Waals surface area contributed by atoms with Gasteiger partial charge in [0.2, 0.25) is 0 Å². The molecule has 134 valence electrons. The van der Waals surface area contributed by atoms with Gasteiger partial charge in [0.1, 0.15) is 12.2 Å². The molecule has 2 aliphatic rings. The third-order valence-electron chi connectivity index (χ3n) is 4.83. The summed E-state index contributed by atoms with van der Waals surface area (Å²) in [5.74, 6) is 0. The highest BCUT2D eigenvalue weighted by Crippen LogP contribution is 2.50. The summed E-state index contributed by atoms with van der Waals surface area (Å²) in [5, 5.41) is 1.37. The van der Waals surface area contributed by atoms with E-state index in [0.717, 1.165) is 33.4 Å². The molecular formula is C22H20Cl2O2. The Morgan fingerprint density at radius 1 is 0.731 bits per heavy atom. The molecule has 2 nitrogen and oxygen atoms in total. The molecule has 0 heterocycles. The fraction of sp³-hybridized carbons (Fsp3) is 0.273. The van der Waals surface area contributed by atoms with Crippen molar-refractivity contribution in [3.8, 4) is 11.1 Å². The second-order valence-corrected chi connectivity index (χ2v) is 7.23. The Bertz CT molecular complexity index is 839. The van der Waals surface area contributed by atoms with Crippen LogP contribution in [0.15, 0.2) is 46.5 Å². The summed E-state index contributed by atoms with van der Waals surface area (Å²) in [7, 11) is 0. The SMILES string of the molecule is CCO[C@@H]1C(Cl)=Cc2cccc3c2-c2c(cccc21)C=C(Cl)[C@@H]3OCC. The molecule has 0 aromatic heterocycles. The van der Waals surface area contributed by atoms with Gasteiger partial charge in [0.15, 0.2) is 0 Å². The minimum Gasteiger partial charge on any atom is -0.368 e. The standard InChI is InChI=1S/C22H20Cl2O2/c1-3-25-21-15-9-5-7-14-12-18(24)22(26-4-2)16-10-6-8-13(11-17(21)23)20(16)19(14)15/h5-12,21-22H,3-4H2,1-2H3/t21-,22+. The number of hydrogen-bond donors (Lipinski definition) is 0. The van der Waals surface area contributed by atoms with Crippen molar-refractivity contribution in [3.63, 3.8) is 0 Å².